The first-order valence-electron chi connectivity index (χ1n) is 7.00. The summed E-state index contributed by atoms with van der Waals surface area (Å²) in [5.41, 5.74) is 6.64. The molecular weight excluding hydrogens is 441 g/mol. The predicted molar refractivity (Wildman–Crippen MR) is 107 cm³/mol. The third kappa shape index (κ3) is 6.75. The van der Waals surface area contributed by atoms with Crippen molar-refractivity contribution in [2.75, 3.05) is 24.7 Å². The molecule has 0 heterocycles. The van der Waals surface area contributed by atoms with Gasteiger partial charge < -0.3 is 15.8 Å². The average Bonchev–Trinajstić information content (AvgIpc) is 2.52. The first-order chi connectivity index (χ1) is 10.9. The number of anilines is 1. The van der Waals surface area contributed by atoms with Crippen molar-refractivity contribution < 1.29 is 13.2 Å². The van der Waals surface area contributed by atoms with Crippen molar-refractivity contribution in [3.05, 3.63) is 54.6 Å². The third-order valence-corrected chi connectivity index (χ3v) is 4.07. The van der Waals surface area contributed by atoms with Crippen LogP contribution in [0.4, 0.5) is 5.69 Å². The van der Waals surface area contributed by atoms with Crippen LogP contribution in [0.2, 0.25) is 0 Å². The van der Waals surface area contributed by atoms with Gasteiger partial charge in [-0.1, -0.05) is 18.2 Å². The summed E-state index contributed by atoms with van der Waals surface area (Å²) in [6, 6.07) is 15.8. The lowest BCUT2D eigenvalue weighted by Crippen LogP contribution is -2.23. The Morgan fingerprint density at radius 1 is 1.12 bits per heavy atom. The maximum absolute atomic E-state index is 11.4. The lowest BCUT2D eigenvalue weighted by atomic mass is 10.3. The lowest BCUT2D eigenvalue weighted by Gasteiger charge is -2.07. The van der Waals surface area contributed by atoms with Gasteiger partial charge in [0.1, 0.15) is 12.4 Å². The minimum absolute atomic E-state index is 0. The molecule has 0 aliphatic rings. The van der Waals surface area contributed by atoms with Crippen LogP contribution in [0.5, 0.6) is 5.75 Å². The number of benzene rings is 2. The fraction of sp³-hybridized carbons (Fsp3) is 0.188. The van der Waals surface area contributed by atoms with Gasteiger partial charge in [-0.3, -0.25) is 0 Å². The molecule has 0 aliphatic carbocycles. The van der Waals surface area contributed by atoms with Crippen molar-refractivity contribution in [3.8, 4) is 5.75 Å². The van der Waals surface area contributed by atoms with Crippen molar-refractivity contribution in [2.24, 2.45) is 10.7 Å². The number of ether oxygens (including phenoxy) is 1. The third-order valence-electron chi connectivity index (χ3n) is 2.94. The number of rotatable bonds is 6. The van der Waals surface area contributed by atoms with E-state index in [1.807, 2.05) is 30.3 Å². The number of hydrogen-bond acceptors (Lipinski definition) is 4. The molecule has 2 rings (SSSR count). The summed E-state index contributed by atoms with van der Waals surface area (Å²) in [7, 11) is -3.19. The number of para-hydroxylation sites is 1. The predicted octanol–water partition coefficient (Wildman–Crippen LogP) is 2.51. The number of nitrogens with one attached hydrogen (secondary N) is 1. The van der Waals surface area contributed by atoms with Crippen LogP contribution in [0.25, 0.3) is 0 Å². The summed E-state index contributed by atoms with van der Waals surface area (Å²) < 4.78 is 28.2. The van der Waals surface area contributed by atoms with Crippen LogP contribution >= 0.6 is 24.0 Å². The molecule has 130 valence electrons. The first kappa shape index (κ1) is 20.2. The van der Waals surface area contributed by atoms with Crippen molar-refractivity contribution in [1.82, 2.24) is 0 Å². The van der Waals surface area contributed by atoms with Gasteiger partial charge in [-0.25, -0.2) is 13.4 Å². The highest BCUT2D eigenvalue weighted by atomic mass is 127. The summed E-state index contributed by atoms with van der Waals surface area (Å²) in [6.07, 6.45) is 1.17. The van der Waals surface area contributed by atoms with Crippen LogP contribution in [-0.4, -0.2) is 33.8 Å². The maximum atomic E-state index is 11.4. The van der Waals surface area contributed by atoms with E-state index < -0.39 is 9.84 Å². The second kappa shape index (κ2) is 9.48. The van der Waals surface area contributed by atoms with Crippen LogP contribution < -0.4 is 15.8 Å². The normalized spacial score (nSPS) is 11.5. The molecule has 0 atom stereocenters. The Morgan fingerprint density at radius 3 is 2.33 bits per heavy atom. The summed E-state index contributed by atoms with van der Waals surface area (Å²) in [5.74, 6) is 0.898. The fourth-order valence-electron chi connectivity index (χ4n) is 1.82. The van der Waals surface area contributed by atoms with E-state index in [1.165, 1.54) is 18.4 Å². The van der Waals surface area contributed by atoms with E-state index in [4.69, 9.17) is 10.5 Å². The van der Waals surface area contributed by atoms with Gasteiger partial charge in [0, 0.05) is 11.9 Å². The van der Waals surface area contributed by atoms with Crippen LogP contribution in [0.15, 0.2) is 64.5 Å². The van der Waals surface area contributed by atoms with Gasteiger partial charge in [-0.15, -0.1) is 24.0 Å². The van der Waals surface area contributed by atoms with E-state index in [2.05, 4.69) is 10.3 Å². The molecule has 24 heavy (non-hydrogen) atoms. The van der Waals surface area contributed by atoms with E-state index in [9.17, 15) is 8.42 Å². The van der Waals surface area contributed by atoms with E-state index in [1.54, 1.807) is 12.1 Å². The zero-order valence-electron chi connectivity index (χ0n) is 13.2. The maximum Gasteiger partial charge on any atom is 0.193 e. The Morgan fingerprint density at radius 2 is 1.75 bits per heavy atom. The molecule has 0 radical (unpaired) electrons. The van der Waals surface area contributed by atoms with Gasteiger partial charge in [0.05, 0.1) is 11.4 Å². The standard InChI is InChI=1S/C16H19N3O3S.HI/c1-23(20,21)15-9-7-14(8-10-15)22-12-11-18-16(17)19-13-5-3-2-4-6-13;/h2-10H,11-12H2,1H3,(H3,17,18,19);1H. The Balaban J connectivity index is 0.00000288. The van der Waals surface area contributed by atoms with Gasteiger partial charge in [0.2, 0.25) is 0 Å². The SMILES string of the molecule is CS(=O)(=O)c1ccc(OCCN=C(N)Nc2ccccc2)cc1.I. The Bertz CT molecular complexity index is 763. The van der Waals surface area contributed by atoms with Crippen LogP contribution in [-0.2, 0) is 9.84 Å². The molecule has 0 bridgehead atoms. The summed E-state index contributed by atoms with van der Waals surface area (Å²) in [6.45, 7) is 0.731. The molecular formula is C16H20IN3O3S. The summed E-state index contributed by atoms with van der Waals surface area (Å²) in [5, 5.41) is 2.97. The van der Waals surface area contributed by atoms with Crippen molar-refractivity contribution in [3.63, 3.8) is 0 Å². The summed E-state index contributed by atoms with van der Waals surface area (Å²) >= 11 is 0. The molecule has 0 spiro atoms. The second-order valence-corrected chi connectivity index (χ2v) is 6.87. The number of sulfone groups is 1. The number of halogens is 1. The molecule has 0 aromatic heterocycles. The average molecular weight is 461 g/mol. The van der Waals surface area contributed by atoms with Gasteiger partial charge >= 0.3 is 0 Å². The zero-order chi connectivity index (χ0) is 16.7. The largest absolute Gasteiger partial charge is 0.492 e. The number of nitrogens with zero attached hydrogens (tertiary/aromatic N) is 1. The lowest BCUT2D eigenvalue weighted by molar-refractivity contribution is 0.328. The minimum atomic E-state index is -3.19. The van der Waals surface area contributed by atoms with E-state index in [0.29, 0.717) is 24.9 Å². The highest BCUT2D eigenvalue weighted by molar-refractivity contribution is 14.0. The number of nitrogens with two attached hydrogens (primary N) is 1. The van der Waals surface area contributed by atoms with Gasteiger partial charge in [0.15, 0.2) is 15.8 Å². The Labute approximate surface area is 159 Å². The Kier molecular flexibility index (Phi) is 7.99. The van der Waals surface area contributed by atoms with Gasteiger partial charge in [0.25, 0.3) is 0 Å². The number of guanidine groups is 1. The van der Waals surface area contributed by atoms with Crippen LogP contribution in [0, 0.1) is 0 Å². The van der Waals surface area contributed by atoms with Crippen LogP contribution in [0.1, 0.15) is 0 Å². The number of aliphatic imine (C=N–C) groups is 1. The van der Waals surface area contributed by atoms with Crippen molar-refractivity contribution in [1.29, 1.82) is 0 Å². The van der Waals surface area contributed by atoms with Gasteiger partial charge in [-0.05, 0) is 36.4 Å². The molecule has 0 saturated heterocycles. The second-order valence-electron chi connectivity index (χ2n) is 4.85. The molecule has 0 amide bonds. The van der Waals surface area contributed by atoms with Crippen LogP contribution in [0.3, 0.4) is 0 Å². The quantitative estimate of drug-likeness (QED) is 0.299. The Hall–Kier alpha value is -1.81. The van der Waals surface area contributed by atoms with Crippen molar-refractivity contribution in [2.45, 2.75) is 4.90 Å². The molecule has 2 aromatic carbocycles. The monoisotopic (exact) mass is 461 g/mol. The highest BCUT2D eigenvalue weighted by Crippen LogP contribution is 2.15. The molecule has 0 saturated carbocycles. The summed E-state index contributed by atoms with van der Waals surface area (Å²) in [4.78, 5) is 4.42. The molecule has 6 nitrogen and oxygen atoms in total. The number of hydrogen-bond donors (Lipinski definition) is 2. The van der Waals surface area contributed by atoms with Crippen molar-refractivity contribution >= 4 is 45.5 Å². The zero-order valence-corrected chi connectivity index (χ0v) is 16.3. The topological polar surface area (TPSA) is 93.8 Å². The highest BCUT2D eigenvalue weighted by Gasteiger charge is 2.06. The van der Waals surface area contributed by atoms with E-state index in [0.717, 1.165) is 5.69 Å². The molecule has 2 aromatic rings. The molecule has 0 aliphatic heterocycles. The molecule has 0 fully saturated rings. The van der Waals surface area contributed by atoms with E-state index >= 15 is 0 Å². The minimum Gasteiger partial charge on any atom is -0.492 e. The first-order valence-corrected chi connectivity index (χ1v) is 8.89. The molecule has 8 heteroatoms. The van der Waals surface area contributed by atoms with E-state index in [-0.39, 0.29) is 28.9 Å². The van der Waals surface area contributed by atoms with Gasteiger partial charge in [-0.2, -0.15) is 0 Å². The fourth-order valence-corrected chi connectivity index (χ4v) is 2.45. The molecule has 0 unspecified atom stereocenters. The smallest absolute Gasteiger partial charge is 0.193 e. The molecule has 3 N–H and O–H groups in total.